The molecule has 0 radical (unpaired) electrons. The van der Waals surface area contributed by atoms with Crippen LogP contribution in [0.4, 0.5) is 5.82 Å². The van der Waals surface area contributed by atoms with Gasteiger partial charge in [0.25, 0.3) is 0 Å². The molecule has 138 valence electrons. The Morgan fingerprint density at radius 3 is 2.59 bits per heavy atom. The summed E-state index contributed by atoms with van der Waals surface area (Å²) in [5.41, 5.74) is 1.82. The maximum absolute atomic E-state index is 11.8. The average molecular weight is 364 g/mol. The van der Waals surface area contributed by atoms with Crippen molar-refractivity contribution in [3.05, 3.63) is 65.9 Å². The van der Waals surface area contributed by atoms with Crippen LogP contribution in [0.15, 0.2) is 54.6 Å². The van der Waals surface area contributed by atoms with E-state index in [-0.39, 0.29) is 5.69 Å². The first-order valence-corrected chi connectivity index (χ1v) is 8.81. The standard InChI is InChI=1S/C20H20N4O3/c1-27-17-10-6-5-9-16(17)24-21-18(20(25)26)19(22-24)23-12-11-15(13-23)14-7-3-2-4-8-14/h2-10,15H,11-13H2,1H3,(H,25,26)/t15-/m0/s1. The van der Waals surface area contributed by atoms with Crippen LogP contribution in [-0.4, -0.2) is 46.3 Å². The van der Waals surface area contributed by atoms with E-state index in [0.29, 0.717) is 23.2 Å². The van der Waals surface area contributed by atoms with Crippen LogP contribution in [0.5, 0.6) is 5.75 Å². The van der Waals surface area contributed by atoms with E-state index in [9.17, 15) is 9.90 Å². The molecule has 2 heterocycles. The number of methoxy groups -OCH3 is 1. The van der Waals surface area contributed by atoms with Gasteiger partial charge in [0.15, 0.2) is 5.82 Å². The summed E-state index contributed by atoms with van der Waals surface area (Å²) in [6.45, 7) is 1.46. The molecule has 7 nitrogen and oxygen atoms in total. The molecule has 4 rings (SSSR count). The van der Waals surface area contributed by atoms with Crippen LogP contribution in [0.1, 0.15) is 28.4 Å². The van der Waals surface area contributed by atoms with Gasteiger partial charge in [0.1, 0.15) is 11.4 Å². The summed E-state index contributed by atoms with van der Waals surface area (Å²) >= 11 is 0. The highest BCUT2D eigenvalue weighted by molar-refractivity contribution is 5.91. The van der Waals surface area contributed by atoms with Gasteiger partial charge in [-0.25, -0.2) is 4.79 Å². The smallest absolute Gasteiger partial charge is 0.360 e. The fraction of sp³-hybridized carbons (Fsp3) is 0.250. The third-order valence-corrected chi connectivity index (χ3v) is 4.86. The molecule has 1 aliphatic heterocycles. The zero-order valence-electron chi connectivity index (χ0n) is 14.9. The van der Waals surface area contributed by atoms with E-state index in [4.69, 9.17) is 4.74 Å². The second-order valence-electron chi connectivity index (χ2n) is 6.48. The van der Waals surface area contributed by atoms with Crippen molar-refractivity contribution in [2.24, 2.45) is 0 Å². The van der Waals surface area contributed by atoms with E-state index >= 15 is 0 Å². The number of benzene rings is 2. The second-order valence-corrected chi connectivity index (χ2v) is 6.48. The third-order valence-electron chi connectivity index (χ3n) is 4.86. The van der Waals surface area contributed by atoms with Gasteiger partial charge in [0, 0.05) is 19.0 Å². The first kappa shape index (κ1) is 17.1. The molecule has 0 spiro atoms. The number of ether oxygens (including phenoxy) is 1. The minimum Gasteiger partial charge on any atom is -0.494 e. The maximum atomic E-state index is 11.8. The van der Waals surface area contributed by atoms with Gasteiger partial charge >= 0.3 is 5.97 Å². The summed E-state index contributed by atoms with van der Waals surface area (Å²) < 4.78 is 5.35. The van der Waals surface area contributed by atoms with Gasteiger partial charge in [-0.1, -0.05) is 42.5 Å². The fourth-order valence-corrected chi connectivity index (χ4v) is 3.50. The van der Waals surface area contributed by atoms with E-state index in [0.717, 1.165) is 19.5 Å². The van der Waals surface area contributed by atoms with Crippen molar-refractivity contribution in [1.82, 2.24) is 15.0 Å². The van der Waals surface area contributed by atoms with E-state index in [1.807, 2.05) is 35.2 Å². The second kappa shape index (κ2) is 7.11. The molecular formula is C20H20N4O3. The lowest BCUT2D eigenvalue weighted by Gasteiger charge is -2.16. The molecular weight excluding hydrogens is 344 g/mol. The topological polar surface area (TPSA) is 80.5 Å². The number of aromatic carboxylic acids is 1. The molecule has 0 amide bonds. The molecule has 1 aliphatic rings. The third kappa shape index (κ3) is 3.23. The molecule has 0 unspecified atom stereocenters. The quantitative estimate of drug-likeness (QED) is 0.750. The van der Waals surface area contributed by atoms with Crippen LogP contribution in [0.25, 0.3) is 5.69 Å². The SMILES string of the molecule is COc1ccccc1-n1nc(C(=O)O)c(N2CC[C@H](c3ccccc3)C2)n1. The van der Waals surface area contributed by atoms with Crippen LogP contribution in [0.2, 0.25) is 0 Å². The van der Waals surface area contributed by atoms with Gasteiger partial charge in [-0.2, -0.15) is 0 Å². The highest BCUT2D eigenvalue weighted by Gasteiger charge is 2.30. The summed E-state index contributed by atoms with van der Waals surface area (Å²) in [5, 5.41) is 18.3. The Hall–Kier alpha value is -3.35. The predicted octanol–water partition coefficient (Wildman–Crippen LogP) is 2.97. The van der Waals surface area contributed by atoms with Crippen molar-refractivity contribution in [2.75, 3.05) is 25.1 Å². The van der Waals surface area contributed by atoms with Crippen LogP contribution in [-0.2, 0) is 0 Å². The molecule has 0 aliphatic carbocycles. The summed E-state index contributed by atoms with van der Waals surface area (Å²) in [6.07, 6.45) is 0.949. The van der Waals surface area contributed by atoms with Crippen LogP contribution >= 0.6 is 0 Å². The first-order valence-electron chi connectivity index (χ1n) is 8.81. The lowest BCUT2D eigenvalue weighted by Crippen LogP contribution is -2.22. The van der Waals surface area contributed by atoms with Crippen molar-refractivity contribution in [1.29, 1.82) is 0 Å². The lowest BCUT2D eigenvalue weighted by atomic mass is 9.99. The molecule has 1 saturated heterocycles. The normalized spacial score (nSPS) is 16.5. The molecule has 27 heavy (non-hydrogen) atoms. The van der Waals surface area contributed by atoms with Crippen LogP contribution in [0, 0.1) is 0 Å². The maximum Gasteiger partial charge on any atom is 0.360 e. The number of aromatic nitrogens is 3. The number of hydrogen-bond acceptors (Lipinski definition) is 5. The number of anilines is 1. The fourth-order valence-electron chi connectivity index (χ4n) is 3.50. The number of nitrogens with zero attached hydrogens (tertiary/aromatic N) is 4. The predicted molar refractivity (Wildman–Crippen MR) is 101 cm³/mol. The van der Waals surface area contributed by atoms with Gasteiger partial charge in [-0.3, -0.25) is 0 Å². The van der Waals surface area contributed by atoms with Crippen LogP contribution in [0.3, 0.4) is 0 Å². The number of carbonyl (C=O) groups is 1. The Morgan fingerprint density at radius 1 is 1.11 bits per heavy atom. The summed E-state index contributed by atoms with van der Waals surface area (Å²) in [5.74, 6) is 0.241. The van der Waals surface area contributed by atoms with E-state index in [2.05, 4.69) is 22.3 Å². The average Bonchev–Trinajstić information content (AvgIpc) is 3.36. The summed E-state index contributed by atoms with van der Waals surface area (Å²) in [7, 11) is 1.56. The van der Waals surface area contributed by atoms with Gasteiger partial charge in [-0.05, 0) is 24.1 Å². The van der Waals surface area contributed by atoms with E-state index < -0.39 is 5.97 Å². The molecule has 1 fully saturated rings. The van der Waals surface area contributed by atoms with Gasteiger partial charge < -0.3 is 14.7 Å². The van der Waals surface area contributed by atoms with Crippen molar-refractivity contribution >= 4 is 11.8 Å². The number of hydrogen-bond donors (Lipinski definition) is 1. The first-order chi connectivity index (χ1) is 13.2. The van der Waals surface area contributed by atoms with Crippen molar-refractivity contribution in [3.8, 4) is 11.4 Å². The van der Waals surface area contributed by atoms with Crippen molar-refractivity contribution in [2.45, 2.75) is 12.3 Å². The number of carboxylic acids is 1. The van der Waals surface area contributed by atoms with E-state index in [1.54, 1.807) is 19.2 Å². The largest absolute Gasteiger partial charge is 0.494 e. The van der Waals surface area contributed by atoms with Crippen molar-refractivity contribution in [3.63, 3.8) is 0 Å². The number of rotatable bonds is 5. The summed E-state index contributed by atoms with van der Waals surface area (Å²) in [6, 6.07) is 17.5. The Bertz CT molecular complexity index is 955. The Morgan fingerprint density at radius 2 is 1.85 bits per heavy atom. The minimum atomic E-state index is -1.09. The zero-order chi connectivity index (χ0) is 18.8. The number of para-hydroxylation sites is 2. The van der Waals surface area contributed by atoms with Gasteiger partial charge in [0.2, 0.25) is 5.69 Å². The zero-order valence-corrected chi connectivity index (χ0v) is 14.9. The molecule has 1 N–H and O–H groups in total. The minimum absolute atomic E-state index is 0.0467. The Balaban J connectivity index is 1.67. The Labute approximate surface area is 156 Å². The molecule has 2 aromatic carbocycles. The monoisotopic (exact) mass is 364 g/mol. The molecule has 3 aromatic rings. The van der Waals surface area contributed by atoms with Gasteiger partial charge in [0.05, 0.1) is 7.11 Å². The highest BCUT2D eigenvalue weighted by Crippen LogP contribution is 2.32. The molecule has 1 atom stereocenters. The van der Waals surface area contributed by atoms with Crippen molar-refractivity contribution < 1.29 is 14.6 Å². The van der Waals surface area contributed by atoms with E-state index in [1.165, 1.54) is 10.4 Å². The number of carboxylic acid groups (broad SMARTS) is 1. The molecule has 7 heteroatoms. The molecule has 0 saturated carbocycles. The molecule has 1 aromatic heterocycles. The summed E-state index contributed by atoms with van der Waals surface area (Å²) in [4.78, 5) is 15.1. The lowest BCUT2D eigenvalue weighted by molar-refractivity contribution is 0.0690. The highest BCUT2D eigenvalue weighted by atomic mass is 16.5. The van der Waals surface area contributed by atoms with Gasteiger partial charge in [-0.15, -0.1) is 15.0 Å². The van der Waals surface area contributed by atoms with Crippen LogP contribution < -0.4 is 9.64 Å². The Kier molecular flexibility index (Phi) is 4.50. The molecule has 0 bridgehead atoms.